The van der Waals surface area contributed by atoms with E-state index in [9.17, 15) is 9.90 Å². The molecule has 2 aromatic rings. The van der Waals surface area contributed by atoms with Crippen LogP contribution in [0.25, 0.3) is 0 Å². The minimum Gasteiger partial charge on any atom is -0.479 e. The lowest BCUT2D eigenvalue weighted by atomic mass is 9.93. The highest BCUT2D eigenvalue weighted by molar-refractivity contribution is 5.80. The standard InChI is InChI=1S/C12H14N4O2/c1-8-14-9(2)16(15-8)12(3,11(17)18)10-4-6-13-7-5-10/h4-7H,1-3H3,(H,17,18). The molecule has 2 heterocycles. The van der Waals surface area contributed by atoms with Gasteiger partial charge in [-0.2, -0.15) is 5.10 Å². The third-order valence-electron chi connectivity index (χ3n) is 2.96. The van der Waals surface area contributed by atoms with E-state index in [0.717, 1.165) is 0 Å². The van der Waals surface area contributed by atoms with Gasteiger partial charge in [-0.25, -0.2) is 14.5 Å². The number of aliphatic carboxylic acids is 1. The molecule has 2 rings (SSSR count). The fourth-order valence-corrected chi connectivity index (χ4v) is 1.96. The highest BCUT2D eigenvalue weighted by Crippen LogP contribution is 2.26. The first kappa shape index (κ1) is 12.2. The van der Waals surface area contributed by atoms with E-state index in [1.165, 1.54) is 4.68 Å². The number of carboxylic acids is 1. The van der Waals surface area contributed by atoms with Crippen molar-refractivity contribution in [2.24, 2.45) is 0 Å². The van der Waals surface area contributed by atoms with E-state index >= 15 is 0 Å². The maximum absolute atomic E-state index is 11.7. The van der Waals surface area contributed by atoms with E-state index in [0.29, 0.717) is 17.2 Å². The minimum atomic E-state index is -1.28. The molecule has 0 aliphatic heterocycles. The summed E-state index contributed by atoms with van der Waals surface area (Å²) < 4.78 is 1.43. The first-order valence-electron chi connectivity index (χ1n) is 5.51. The summed E-state index contributed by atoms with van der Waals surface area (Å²) in [6, 6.07) is 3.34. The van der Waals surface area contributed by atoms with Gasteiger partial charge >= 0.3 is 5.97 Å². The topological polar surface area (TPSA) is 80.9 Å². The van der Waals surface area contributed by atoms with Crippen molar-refractivity contribution in [1.82, 2.24) is 19.7 Å². The van der Waals surface area contributed by atoms with Crippen LogP contribution >= 0.6 is 0 Å². The van der Waals surface area contributed by atoms with E-state index in [1.54, 1.807) is 45.3 Å². The second-order valence-corrected chi connectivity index (χ2v) is 4.23. The molecular weight excluding hydrogens is 232 g/mol. The Kier molecular flexibility index (Phi) is 2.86. The second kappa shape index (κ2) is 4.21. The molecule has 0 radical (unpaired) electrons. The minimum absolute atomic E-state index is 0.550. The number of hydrogen-bond acceptors (Lipinski definition) is 4. The van der Waals surface area contributed by atoms with Crippen LogP contribution in [0, 0.1) is 13.8 Å². The first-order valence-corrected chi connectivity index (χ1v) is 5.51. The molecular formula is C12H14N4O2. The third kappa shape index (κ3) is 1.75. The molecule has 2 aromatic heterocycles. The van der Waals surface area contributed by atoms with Crippen LogP contribution in [0.2, 0.25) is 0 Å². The smallest absolute Gasteiger partial charge is 0.336 e. The fraction of sp³-hybridized carbons (Fsp3) is 0.333. The molecule has 6 nitrogen and oxygen atoms in total. The van der Waals surface area contributed by atoms with Gasteiger partial charge in [0.15, 0.2) is 5.54 Å². The lowest BCUT2D eigenvalue weighted by molar-refractivity contribution is -0.145. The Bertz CT molecular complexity index is 579. The molecule has 1 atom stereocenters. The summed E-state index contributed by atoms with van der Waals surface area (Å²) in [4.78, 5) is 19.7. The molecule has 0 aromatic carbocycles. The van der Waals surface area contributed by atoms with Crippen molar-refractivity contribution in [3.05, 3.63) is 41.7 Å². The molecule has 0 saturated carbocycles. The third-order valence-corrected chi connectivity index (χ3v) is 2.96. The molecule has 0 saturated heterocycles. The van der Waals surface area contributed by atoms with Crippen molar-refractivity contribution in [1.29, 1.82) is 0 Å². The molecule has 0 fully saturated rings. The molecule has 0 aliphatic carbocycles. The van der Waals surface area contributed by atoms with E-state index in [-0.39, 0.29) is 0 Å². The van der Waals surface area contributed by atoms with Crippen LogP contribution in [0.3, 0.4) is 0 Å². The maximum atomic E-state index is 11.7. The Balaban J connectivity index is 2.66. The predicted octanol–water partition coefficient (Wildman–Crippen LogP) is 1.14. The van der Waals surface area contributed by atoms with Crippen LogP contribution in [0.15, 0.2) is 24.5 Å². The van der Waals surface area contributed by atoms with Gasteiger partial charge in [0.2, 0.25) is 0 Å². The molecule has 0 spiro atoms. The first-order chi connectivity index (χ1) is 8.46. The lowest BCUT2D eigenvalue weighted by Gasteiger charge is -2.26. The number of hydrogen-bond donors (Lipinski definition) is 1. The van der Waals surface area contributed by atoms with Crippen molar-refractivity contribution < 1.29 is 9.90 Å². The number of aryl methyl sites for hydroxylation is 2. The molecule has 1 N–H and O–H groups in total. The predicted molar refractivity (Wildman–Crippen MR) is 64.1 cm³/mol. The zero-order valence-corrected chi connectivity index (χ0v) is 10.5. The van der Waals surface area contributed by atoms with Gasteiger partial charge in [0.1, 0.15) is 11.6 Å². The average Bonchev–Trinajstić information content (AvgIpc) is 2.68. The number of nitrogens with zero attached hydrogens (tertiary/aromatic N) is 4. The molecule has 6 heteroatoms. The number of pyridine rings is 1. The SMILES string of the molecule is Cc1nc(C)n(C(C)(C(=O)O)c2ccncc2)n1. The van der Waals surface area contributed by atoms with E-state index < -0.39 is 11.5 Å². The van der Waals surface area contributed by atoms with Crippen molar-refractivity contribution in [3.8, 4) is 0 Å². The van der Waals surface area contributed by atoms with E-state index in [2.05, 4.69) is 15.1 Å². The summed E-state index contributed by atoms with van der Waals surface area (Å²) in [5.74, 6) is 0.130. The Morgan fingerprint density at radius 3 is 2.39 bits per heavy atom. The number of carbonyl (C=O) groups is 1. The van der Waals surface area contributed by atoms with Crippen molar-refractivity contribution in [3.63, 3.8) is 0 Å². The summed E-state index contributed by atoms with van der Waals surface area (Å²) in [7, 11) is 0. The zero-order chi connectivity index (χ0) is 13.3. The van der Waals surface area contributed by atoms with Crippen molar-refractivity contribution in [2.75, 3.05) is 0 Å². The molecule has 0 aliphatic rings. The van der Waals surface area contributed by atoms with E-state index in [4.69, 9.17) is 0 Å². The summed E-state index contributed by atoms with van der Waals surface area (Å²) in [5, 5.41) is 13.7. The summed E-state index contributed by atoms with van der Waals surface area (Å²) in [6.07, 6.45) is 3.13. The van der Waals surface area contributed by atoms with Gasteiger partial charge in [-0.1, -0.05) is 0 Å². The molecule has 0 bridgehead atoms. The Labute approximate surface area is 104 Å². The number of aromatic nitrogens is 4. The van der Waals surface area contributed by atoms with Crippen LogP contribution < -0.4 is 0 Å². The molecule has 18 heavy (non-hydrogen) atoms. The average molecular weight is 246 g/mol. The van der Waals surface area contributed by atoms with Gasteiger partial charge in [0.25, 0.3) is 0 Å². The molecule has 1 unspecified atom stereocenters. The maximum Gasteiger partial charge on any atom is 0.336 e. The highest BCUT2D eigenvalue weighted by atomic mass is 16.4. The van der Waals surface area contributed by atoms with Crippen molar-refractivity contribution >= 4 is 5.97 Å². The Hall–Kier alpha value is -2.24. The molecule has 94 valence electrons. The van der Waals surface area contributed by atoms with Gasteiger partial charge in [0.05, 0.1) is 0 Å². The zero-order valence-electron chi connectivity index (χ0n) is 10.5. The van der Waals surface area contributed by atoms with Gasteiger partial charge in [0, 0.05) is 12.4 Å². The van der Waals surface area contributed by atoms with Gasteiger partial charge < -0.3 is 5.11 Å². The summed E-state index contributed by atoms with van der Waals surface area (Å²) in [5.41, 5.74) is -0.674. The van der Waals surface area contributed by atoms with Crippen LogP contribution in [0.1, 0.15) is 24.1 Å². The van der Waals surface area contributed by atoms with Gasteiger partial charge in [-0.05, 0) is 38.5 Å². The van der Waals surface area contributed by atoms with Gasteiger partial charge in [-0.3, -0.25) is 4.98 Å². The Morgan fingerprint density at radius 1 is 1.33 bits per heavy atom. The van der Waals surface area contributed by atoms with Crippen LogP contribution in [0.5, 0.6) is 0 Å². The van der Waals surface area contributed by atoms with Crippen molar-refractivity contribution in [2.45, 2.75) is 26.3 Å². The monoisotopic (exact) mass is 246 g/mol. The lowest BCUT2D eigenvalue weighted by Crippen LogP contribution is -2.41. The second-order valence-electron chi connectivity index (χ2n) is 4.23. The summed E-state index contributed by atoms with van der Waals surface area (Å²) in [6.45, 7) is 5.08. The Morgan fingerprint density at radius 2 is 1.94 bits per heavy atom. The van der Waals surface area contributed by atoms with Crippen LogP contribution in [-0.4, -0.2) is 30.8 Å². The number of carboxylic acid groups (broad SMARTS) is 1. The largest absolute Gasteiger partial charge is 0.479 e. The summed E-state index contributed by atoms with van der Waals surface area (Å²) >= 11 is 0. The highest BCUT2D eigenvalue weighted by Gasteiger charge is 2.39. The fourth-order valence-electron chi connectivity index (χ4n) is 1.96. The normalized spacial score (nSPS) is 14.2. The van der Waals surface area contributed by atoms with Crippen LogP contribution in [0.4, 0.5) is 0 Å². The van der Waals surface area contributed by atoms with E-state index in [1.807, 2.05) is 0 Å². The quantitative estimate of drug-likeness (QED) is 0.878. The van der Waals surface area contributed by atoms with Gasteiger partial charge in [-0.15, -0.1) is 0 Å². The van der Waals surface area contributed by atoms with Crippen LogP contribution in [-0.2, 0) is 10.3 Å². The number of rotatable bonds is 3. The molecule has 0 amide bonds.